The van der Waals surface area contributed by atoms with Crippen LogP contribution >= 0.6 is 0 Å². The third-order valence-corrected chi connectivity index (χ3v) is 4.22. The molecule has 3 aromatic rings. The fourth-order valence-corrected chi connectivity index (χ4v) is 2.91. The van der Waals surface area contributed by atoms with Crippen LogP contribution in [0.5, 0.6) is 0 Å². The lowest BCUT2D eigenvalue weighted by molar-refractivity contribution is 0.478. The first-order valence-corrected chi connectivity index (χ1v) is 7.77. The molecule has 1 saturated heterocycles. The van der Waals surface area contributed by atoms with Gasteiger partial charge < -0.3 is 4.90 Å². The summed E-state index contributed by atoms with van der Waals surface area (Å²) >= 11 is 0. The summed E-state index contributed by atoms with van der Waals surface area (Å²) in [7, 11) is 0. The summed E-state index contributed by atoms with van der Waals surface area (Å²) in [4.78, 5) is 14.7. The van der Waals surface area contributed by atoms with Crippen LogP contribution in [0.25, 0.3) is 22.8 Å². The van der Waals surface area contributed by atoms with Crippen molar-refractivity contribution in [3.63, 3.8) is 0 Å². The van der Waals surface area contributed by atoms with Gasteiger partial charge in [0.1, 0.15) is 5.69 Å². The van der Waals surface area contributed by atoms with Crippen LogP contribution in [0.3, 0.4) is 0 Å². The average molecular weight is 317 g/mol. The van der Waals surface area contributed by atoms with E-state index in [0.717, 1.165) is 42.2 Å². The largest absolute Gasteiger partial charge is 0.310 e. The van der Waals surface area contributed by atoms with E-state index in [1.165, 1.54) is 0 Å². The molecule has 118 valence electrons. The Hall–Kier alpha value is -3.27. The number of nitrogens with one attached hydrogen (secondary N) is 1. The molecule has 4 heterocycles. The molecule has 0 bridgehead atoms. The van der Waals surface area contributed by atoms with Crippen molar-refractivity contribution in [1.82, 2.24) is 30.0 Å². The van der Waals surface area contributed by atoms with Crippen molar-refractivity contribution in [2.75, 3.05) is 13.1 Å². The quantitative estimate of drug-likeness (QED) is 0.744. The van der Waals surface area contributed by atoms with Gasteiger partial charge in [-0.05, 0) is 30.7 Å². The van der Waals surface area contributed by atoms with E-state index in [1.807, 2.05) is 18.2 Å². The Labute approximate surface area is 139 Å². The Morgan fingerprint density at radius 1 is 1.17 bits per heavy atom. The highest BCUT2D eigenvalue weighted by Crippen LogP contribution is 2.28. The van der Waals surface area contributed by atoms with Crippen LogP contribution in [0.1, 0.15) is 18.0 Å². The maximum atomic E-state index is 8.96. The monoisotopic (exact) mass is 317 g/mol. The number of aromatic amines is 1. The van der Waals surface area contributed by atoms with Crippen molar-refractivity contribution >= 4 is 0 Å². The first kappa shape index (κ1) is 14.3. The summed E-state index contributed by atoms with van der Waals surface area (Å²) in [5.74, 6) is 0.977. The van der Waals surface area contributed by atoms with Crippen LogP contribution in [0.15, 0.2) is 42.9 Å². The maximum absolute atomic E-state index is 8.96. The molecular weight excluding hydrogens is 302 g/mol. The molecule has 1 atom stereocenters. The Bertz CT molecular complexity index is 864. The Morgan fingerprint density at radius 3 is 2.75 bits per heavy atom. The normalized spacial score (nSPS) is 17.0. The first-order valence-electron chi connectivity index (χ1n) is 7.77. The topological polar surface area (TPSA) is 94.4 Å². The fraction of sp³-hybridized carbons (Fsp3) is 0.235. The van der Waals surface area contributed by atoms with Gasteiger partial charge in [-0.1, -0.05) is 0 Å². The molecule has 0 amide bonds. The van der Waals surface area contributed by atoms with Gasteiger partial charge in [-0.25, -0.2) is 9.97 Å². The van der Waals surface area contributed by atoms with E-state index in [4.69, 9.17) is 5.26 Å². The van der Waals surface area contributed by atoms with Gasteiger partial charge in [0, 0.05) is 48.9 Å². The molecule has 1 unspecified atom stereocenters. The van der Waals surface area contributed by atoms with E-state index < -0.39 is 0 Å². The number of hydrogen-bond acceptors (Lipinski definition) is 6. The summed E-state index contributed by atoms with van der Waals surface area (Å²) in [6, 6.07) is 7.67. The van der Waals surface area contributed by atoms with Gasteiger partial charge in [0.05, 0.1) is 5.69 Å². The number of rotatable bonds is 3. The van der Waals surface area contributed by atoms with Crippen molar-refractivity contribution in [3.05, 3.63) is 48.5 Å². The summed E-state index contributed by atoms with van der Waals surface area (Å²) in [5.41, 5.74) is 3.53. The van der Waals surface area contributed by atoms with Gasteiger partial charge in [-0.3, -0.25) is 10.1 Å². The van der Waals surface area contributed by atoms with E-state index >= 15 is 0 Å². The van der Waals surface area contributed by atoms with Crippen LogP contribution < -0.4 is 0 Å². The van der Waals surface area contributed by atoms with Crippen molar-refractivity contribution in [2.45, 2.75) is 12.3 Å². The third kappa shape index (κ3) is 2.70. The van der Waals surface area contributed by atoms with E-state index in [2.05, 4.69) is 31.3 Å². The summed E-state index contributed by atoms with van der Waals surface area (Å²) in [6.45, 7) is 1.55. The molecule has 1 fully saturated rings. The van der Waals surface area contributed by atoms with Crippen LogP contribution in [-0.4, -0.2) is 43.1 Å². The minimum atomic E-state index is 0.322. The lowest BCUT2D eigenvalue weighted by Gasteiger charge is -2.06. The van der Waals surface area contributed by atoms with E-state index in [-0.39, 0.29) is 0 Å². The van der Waals surface area contributed by atoms with E-state index in [0.29, 0.717) is 11.7 Å². The second kappa shape index (κ2) is 6.08. The van der Waals surface area contributed by atoms with Gasteiger partial charge in [0.25, 0.3) is 0 Å². The lowest BCUT2D eigenvalue weighted by atomic mass is 10.0. The SMILES string of the molecule is N#CN1CCC(c2cc(-c3ccc(-c4ncccn4)cn3)n[nH]2)C1. The Balaban J connectivity index is 1.54. The second-order valence-electron chi connectivity index (χ2n) is 5.74. The standard InChI is InChI=1S/C17H15N7/c18-11-24-7-4-13(10-24)15-8-16(23-22-15)14-3-2-12(9-21-14)17-19-5-1-6-20-17/h1-3,5-6,8-9,13H,4,7,10H2,(H,22,23). The second-order valence-corrected chi connectivity index (χ2v) is 5.74. The predicted octanol–water partition coefficient (Wildman–Crippen LogP) is 2.20. The fourth-order valence-electron chi connectivity index (χ4n) is 2.91. The van der Waals surface area contributed by atoms with Crippen LogP contribution in [0, 0.1) is 11.5 Å². The van der Waals surface area contributed by atoms with Gasteiger partial charge >= 0.3 is 0 Å². The highest BCUT2D eigenvalue weighted by molar-refractivity contribution is 5.60. The molecule has 3 aromatic heterocycles. The molecule has 0 aromatic carbocycles. The number of hydrogen-bond donors (Lipinski definition) is 1. The average Bonchev–Trinajstić information content (AvgIpc) is 3.32. The molecule has 0 spiro atoms. The molecular formula is C17H15N7. The molecule has 1 N–H and O–H groups in total. The molecule has 24 heavy (non-hydrogen) atoms. The van der Waals surface area contributed by atoms with Gasteiger partial charge in [-0.15, -0.1) is 0 Å². The molecule has 0 saturated carbocycles. The van der Waals surface area contributed by atoms with E-state index in [1.54, 1.807) is 29.6 Å². The number of nitrogens with zero attached hydrogens (tertiary/aromatic N) is 6. The lowest BCUT2D eigenvalue weighted by Crippen LogP contribution is -2.12. The smallest absolute Gasteiger partial charge is 0.179 e. The molecule has 4 rings (SSSR count). The zero-order chi connectivity index (χ0) is 16.4. The highest BCUT2D eigenvalue weighted by atomic mass is 15.2. The van der Waals surface area contributed by atoms with Crippen molar-refractivity contribution in [3.8, 4) is 29.0 Å². The molecule has 0 radical (unpaired) electrons. The number of H-pyrrole nitrogens is 1. The van der Waals surface area contributed by atoms with E-state index in [9.17, 15) is 0 Å². The zero-order valence-electron chi connectivity index (χ0n) is 12.9. The minimum Gasteiger partial charge on any atom is -0.310 e. The highest BCUT2D eigenvalue weighted by Gasteiger charge is 2.24. The maximum Gasteiger partial charge on any atom is 0.179 e. The number of pyridine rings is 1. The summed E-state index contributed by atoms with van der Waals surface area (Å²) in [6.07, 6.45) is 8.34. The predicted molar refractivity (Wildman–Crippen MR) is 87.4 cm³/mol. The Morgan fingerprint density at radius 2 is 2.04 bits per heavy atom. The molecule has 7 nitrogen and oxygen atoms in total. The Kier molecular flexibility index (Phi) is 3.63. The summed E-state index contributed by atoms with van der Waals surface area (Å²) < 4.78 is 0. The molecule has 7 heteroatoms. The van der Waals surface area contributed by atoms with Gasteiger partial charge in [0.2, 0.25) is 0 Å². The van der Waals surface area contributed by atoms with Crippen molar-refractivity contribution < 1.29 is 0 Å². The minimum absolute atomic E-state index is 0.322. The van der Waals surface area contributed by atoms with Crippen LogP contribution in [-0.2, 0) is 0 Å². The number of likely N-dealkylation sites (tertiary alicyclic amines) is 1. The molecule has 0 aliphatic carbocycles. The van der Waals surface area contributed by atoms with Crippen LogP contribution in [0.2, 0.25) is 0 Å². The van der Waals surface area contributed by atoms with Crippen LogP contribution in [0.4, 0.5) is 0 Å². The van der Waals surface area contributed by atoms with Gasteiger partial charge in [-0.2, -0.15) is 10.4 Å². The zero-order valence-corrected chi connectivity index (χ0v) is 12.9. The first-order chi connectivity index (χ1) is 11.8. The molecule has 1 aliphatic heterocycles. The number of nitriles is 1. The number of aromatic nitrogens is 5. The third-order valence-electron chi connectivity index (χ3n) is 4.22. The van der Waals surface area contributed by atoms with Gasteiger partial charge in [0.15, 0.2) is 12.0 Å². The van der Waals surface area contributed by atoms with Crippen molar-refractivity contribution in [1.29, 1.82) is 5.26 Å². The summed E-state index contributed by atoms with van der Waals surface area (Å²) in [5, 5.41) is 16.4. The van der Waals surface area contributed by atoms with Crippen molar-refractivity contribution in [2.24, 2.45) is 0 Å². The molecule has 1 aliphatic rings.